The Bertz CT molecular complexity index is 511. The molecular weight excluding hydrogens is 248 g/mol. The lowest BCUT2D eigenvalue weighted by Crippen LogP contribution is -2.36. The number of hydrogen-bond donors (Lipinski definition) is 2. The van der Waals surface area contributed by atoms with Crippen molar-refractivity contribution in [3.63, 3.8) is 0 Å². The van der Waals surface area contributed by atoms with Crippen LogP contribution in [-0.4, -0.2) is 51.2 Å². The van der Waals surface area contributed by atoms with Crippen LogP contribution in [0.1, 0.15) is 39.4 Å². The van der Waals surface area contributed by atoms with E-state index in [9.17, 15) is 9.59 Å². The van der Waals surface area contributed by atoms with Gasteiger partial charge in [0.15, 0.2) is 0 Å². The highest BCUT2D eigenvalue weighted by Crippen LogP contribution is 2.27. The monoisotopic (exact) mass is 264 g/mol. The van der Waals surface area contributed by atoms with Crippen molar-refractivity contribution in [2.75, 3.05) is 13.2 Å². The van der Waals surface area contributed by atoms with E-state index in [1.54, 1.807) is 11.8 Å². The zero-order valence-electron chi connectivity index (χ0n) is 10.7. The molecule has 1 aromatic rings. The molecule has 6 heteroatoms. The van der Waals surface area contributed by atoms with E-state index in [1.165, 1.54) is 12.1 Å². The van der Waals surface area contributed by atoms with Crippen molar-refractivity contribution >= 4 is 11.9 Å². The number of aryl methyl sites for hydroxylation is 1. The van der Waals surface area contributed by atoms with E-state index >= 15 is 0 Å². The van der Waals surface area contributed by atoms with Gasteiger partial charge in [0, 0.05) is 12.6 Å². The molecule has 0 radical (unpaired) electrons. The van der Waals surface area contributed by atoms with Gasteiger partial charge in [0.2, 0.25) is 0 Å². The number of rotatable bonds is 5. The molecule has 6 nitrogen and oxygen atoms in total. The average Bonchev–Trinajstić information content (AvgIpc) is 3.18. The van der Waals surface area contributed by atoms with Gasteiger partial charge in [0.05, 0.1) is 17.9 Å². The molecule has 0 bridgehead atoms. The smallest absolute Gasteiger partial charge is 0.337 e. The van der Waals surface area contributed by atoms with E-state index in [4.69, 9.17) is 10.2 Å². The second-order valence-electron chi connectivity index (χ2n) is 4.59. The maximum absolute atomic E-state index is 12.3. The Morgan fingerprint density at radius 2 is 2.11 bits per heavy atom. The Kier molecular flexibility index (Phi) is 3.80. The van der Waals surface area contributed by atoms with Gasteiger partial charge in [-0.25, -0.2) is 9.78 Å². The van der Waals surface area contributed by atoms with Gasteiger partial charge in [0.25, 0.3) is 5.91 Å². The number of amides is 1. The number of nitrogens with zero attached hydrogens (tertiary/aromatic N) is 2. The van der Waals surface area contributed by atoms with E-state index in [0.717, 1.165) is 12.8 Å². The number of carboxylic acid groups (broad SMARTS) is 1. The van der Waals surface area contributed by atoms with E-state index in [2.05, 4.69) is 4.98 Å². The lowest BCUT2D eigenvalue weighted by molar-refractivity contribution is 0.0683. The largest absolute Gasteiger partial charge is 0.478 e. The summed E-state index contributed by atoms with van der Waals surface area (Å²) in [5.41, 5.74) is 0.637. The van der Waals surface area contributed by atoms with Crippen molar-refractivity contribution in [2.24, 2.45) is 0 Å². The average molecular weight is 264 g/mol. The van der Waals surface area contributed by atoms with Crippen molar-refractivity contribution < 1.29 is 19.8 Å². The maximum atomic E-state index is 12.3. The van der Waals surface area contributed by atoms with Gasteiger partial charge < -0.3 is 15.1 Å². The predicted octanol–water partition coefficient (Wildman–Crippen LogP) is 0.685. The topological polar surface area (TPSA) is 90.7 Å². The first kappa shape index (κ1) is 13.5. The number of hydrogen-bond acceptors (Lipinski definition) is 4. The van der Waals surface area contributed by atoms with E-state index in [1.807, 2.05) is 0 Å². The molecule has 1 aliphatic carbocycles. The molecule has 1 amide bonds. The second kappa shape index (κ2) is 5.36. The van der Waals surface area contributed by atoms with Crippen molar-refractivity contribution in [2.45, 2.75) is 25.8 Å². The van der Waals surface area contributed by atoms with Crippen molar-refractivity contribution in [1.82, 2.24) is 9.88 Å². The normalized spacial score (nSPS) is 14.2. The van der Waals surface area contributed by atoms with Gasteiger partial charge in [-0.05, 0) is 31.9 Å². The van der Waals surface area contributed by atoms with Crippen LogP contribution in [0.2, 0.25) is 0 Å². The van der Waals surface area contributed by atoms with Crippen molar-refractivity contribution in [3.05, 3.63) is 29.1 Å². The highest BCUT2D eigenvalue weighted by atomic mass is 16.4. The number of pyridine rings is 1. The van der Waals surface area contributed by atoms with Crippen LogP contribution in [0.4, 0.5) is 0 Å². The predicted molar refractivity (Wildman–Crippen MR) is 67.1 cm³/mol. The van der Waals surface area contributed by atoms with Crippen LogP contribution >= 0.6 is 0 Å². The van der Waals surface area contributed by atoms with Crippen LogP contribution in [0, 0.1) is 6.92 Å². The lowest BCUT2D eigenvalue weighted by atomic mass is 10.2. The number of aromatic carboxylic acids is 1. The number of carboxylic acids is 1. The van der Waals surface area contributed by atoms with Crippen LogP contribution in [0.5, 0.6) is 0 Å². The molecule has 1 aliphatic rings. The van der Waals surface area contributed by atoms with Crippen LogP contribution in [-0.2, 0) is 0 Å². The first-order chi connectivity index (χ1) is 9.04. The number of carbonyl (C=O) groups is 2. The summed E-state index contributed by atoms with van der Waals surface area (Å²) >= 11 is 0. The first-order valence-corrected chi connectivity index (χ1v) is 6.17. The summed E-state index contributed by atoms with van der Waals surface area (Å²) in [6, 6.07) is 2.99. The maximum Gasteiger partial charge on any atom is 0.337 e. The zero-order valence-corrected chi connectivity index (χ0v) is 10.7. The van der Waals surface area contributed by atoms with E-state index in [0.29, 0.717) is 5.69 Å². The molecule has 2 N–H and O–H groups in total. The molecule has 1 aromatic heterocycles. The SMILES string of the molecule is Cc1nc(C(=O)N(CCO)C2CC2)ccc1C(=O)O. The molecule has 0 atom stereocenters. The minimum absolute atomic E-state index is 0.0889. The minimum Gasteiger partial charge on any atom is -0.478 e. The fraction of sp³-hybridized carbons (Fsp3) is 0.462. The fourth-order valence-electron chi connectivity index (χ4n) is 2.00. The molecule has 2 rings (SSSR count). The third kappa shape index (κ3) is 2.90. The summed E-state index contributed by atoms with van der Waals surface area (Å²) in [6.45, 7) is 1.76. The molecule has 19 heavy (non-hydrogen) atoms. The van der Waals surface area contributed by atoms with Gasteiger partial charge in [-0.3, -0.25) is 4.79 Å². The van der Waals surface area contributed by atoms with Gasteiger partial charge in [-0.15, -0.1) is 0 Å². The standard InChI is InChI=1S/C13H16N2O4/c1-8-10(13(18)19)4-5-11(14-8)12(17)15(6-7-16)9-2-3-9/h4-5,9,16H,2-3,6-7H2,1H3,(H,18,19). The summed E-state index contributed by atoms with van der Waals surface area (Å²) < 4.78 is 0. The fourth-order valence-corrected chi connectivity index (χ4v) is 2.00. The molecular formula is C13H16N2O4. The highest BCUT2D eigenvalue weighted by Gasteiger charge is 2.33. The van der Waals surface area contributed by atoms with Crippen LogP contribution in [0.25, 0.3) is 0 Å². The Balaban J connectivity index is 2.23. The summed E-state index contributed by atoms with van der Waals surface area (Å²) in [5, 5.41) is 17.9. The van der Waals surface area contributed by atoms with E-state index in [-0.39, 0.29) is 36.4 Å². The third-order valence-electron chi connectivity index (χ3n) is 3.12. The van der Waals surface area contributed by atoms with Crippen LogP contribution in [0.15, 0.2) is 12.1 Å². The van der Waals surface area contributed by atoms with Gasteiger partial charge in [-0.1, -0.05) is 0 Å². The van der Waals surface area contributed by atoms with Crippen molar-refractivity contribution in [3.8, 4) is 0 Å². The highest BCUT2D eigenvalue weighted by molar-refractivity contribution is 5.94. The van der Waals surface area contributed by atoms with Crippen molar-refractivity contribution in [1.29, 1.82) is 0 Å². The lowest BCUT2D eigenvalue weighted by Gasteiger charge is -2.21. The van der Waals surface area contributed by atoms with Crippen LogP contribution < -0.4 is 0 Å². The zero-order chi connectivity index (χ0) is 14.0. The molecule has 0 aromatic carbocycles. The second-order valence-corrected chi connectivity index (χ2v) is 4.59. The van der Waals surface area contributed by atoms with Gasteiger partial charge in [-0.2, -0.15) is 0 Å². The Morgan fingerprint density at radius 1 is 1.42 bits per heavy atom. The summed E-state index contributed by atoms with van der Waals surface area (Å²) in [6.07, 6.45) is 1.88. The Labute approximate surface area is 110 Å². The molecule has 0 spiro atoms. The molecule has 0 unspecified atom stereocenters. The number of aromatic nitrogens is 1. The quantitative estimate of drug-likeness (QED) is 0.816. The molecule has 1 heterocycles. The summed E-state index contributed by atoms with van der Waals surface area (Å²) in [4.78, 5) is 28.8. The molecule has 0 saturated heterocycles. The number of carbonyl (C=O) groups excluding carboxylic acids is 1. The van der Waals surface area contributed by atoms with Gasteiger partial charge in [0.1, 0.15) is 5.69 Å². The van der Waals surface area contributed by atoms with E-state index < -0.39 is 5.97 Å². The first-order valence-electron chi connectivity index (χ1n) is 6.17. The summed E-state index contributed by atoms with van der Waals surface area (Å²) in [5.74, 6) is -1.31. The molecule has 1 fully saturated rings. The van der Waals surface area contributed by atoms with Crippen LogP contribution in [0.3, 0.4) is 0 Å². The number of aliphatic hydroxyl groups is 1. The van der Waals surface area contributed by atoms with Gasteiger partial charge >= 0.3 is 5.97 Å². The third-order valence-corrected chi connectivity index (χ3v) is 3.12. The molecule has 102 valence electrons. The Morgan fingerprint density at radius 3 is 2.58 bits per heavy atom. The number of aliphatic hydroxyl groups excluding tert-OH is 1. The minimum atomic E-state index is -1.06. The molecule has 0 aliphatic heterocycles. The summed E-state index contributed by atoms with van der Waals surface area (Å²) in [7, 11) is 0. The Hall–Kier alpha value is -1.95. The molecule has 1 saturated carbocycles.